The van der Waals surface area contributed by atoms with Crippen LogP contribution < -0.4 is 0 Å². The molecular weight excluding hydrogens is 184 g/mol. The van der Waals surface area contributed by atoms with Crippen LogP contribution >= 0.6 is 0 Å². The maximum Gasteiger partial charge on any atom is 0.303 e. The number of carbonyl (C=O) groups excluding carboxylic acids is 1. The summed E-state index contributed by atoms with van der Waals surface area (Å²) in [5.41, 5.74) is 0.652. The van der Waals surface area contributed by atoms with Gasteiger partial charge in [0.05, 0.1) is 0 Å². The zero-order valence-corrected chi connectivity index (χ0v) is 8.37. The van der Waals surface area contributed by atoms with Crippen molar-refractivity contribution < 1.29 is 19.4 Å². The number of hydrogen-bond acceptors (Lipinski definition) is 3. The van der Waals surface area contributed by atoms with Gasteiger partial charge in [-0.1, -0.05) is 0 Å². The van der Waals surface area contributed by atoms with E-state index in [2.05, 4.69) is 0 Å². The third kappa shape index (κ3) is 2.34. The highest BCUT2D eigenvalue weighted by Crippen LogP contribution is 2.25. The number of hydrogen-bond donors (Lipinski definition) is 1. The second-order valence-electron chi connectivity index (χ2n) is 3.41. The van der Waals surface area contributed by atoms with Gasteiger partial charge in [-0.3, -0.25) is 9.59 Å². The largest absolute Gasteiger partial charge is 0.487 e. The number of carbonyl (C=O) groups is 2. The Hall–Kier alpha value is -1.32. The summed E-state index contributed by atoms with van der Waals surface area (Å²) in [6.45, 7) is 3.45. The van der Waals surface area contributed by atoms with Crippen molar-refractivity contribution in [1.29, 1.82) is 0 Å². The molecule has 1 atom stereocenters. The van der Waals surface area contributed by atoms with Crippen LogP contribution in [0.3, 0.4) is 0 Å². The molecule has 0 saturated carbocycles. The van der Waals surface area contributed by atoms with E-state index >= 15 is 0 Å². The molecule has 0 amide bonds. The van der Waals surface area contributed by atoms with E-state index in [1.54, 1.807) is 13.8 Å². The standard InChI is InChI=1S/C10H14O4/c1-6-8(4-3-5-9(11)12)10(13)7(2)14-6/h7H,3-5H2,1-2H3,(H,11,12). The van der Waals surface area contributed by atoms with Crippen LogP contribution in [0.2, 0.25) is 0 Å². The van der Waals surface area contributed by atoms with Crippen LogP contribution in [-0.4, -0.2) is 23.0 Å². The van der Waals surface area contributed by atoms with E-state index in [0.29, 0.717) is 24.2 Å². The highest BCUT2D eigenvalue weighted by Gasteiger charge is 2.28. The van der Waals surface area contributed by atoms with Crippen LogP contribution in [0.1, 0.15) is 33.1 Å². The number of aliphatic carboxylic acids is 1. The molecule has 0 radical (unpaired) electrons. The van der Waals surface area contributed by atoms with Crippen molar-refractivity contribution in [1.82, 2.24) is 0 Å². The fourth-order valence-electron chi connectivity index (χ4n) is 1.52. The summed E-state index contributed by atoms with van der Waals surface area (Å²) in [5, 5.41) is 8.44. The Kier molecular flexibility index (Phi) is 3.28. The van der Waals surface area contributed by atoms with Crippen molar-refractivity contribution in [3.05, 3.63) is 11.3 Å². The first-order chi connectivity index (χ1) is 6.52. The predicted octanol–water partition coefficient (Wildman–Crippen LogP) is 1.50. The predicted molar refractivity (Wildman–Crippen MR) is 49.7 cm³/mol. The van der Waals surface area contributed by atoms with Gasteiger partial charge in [-0.05, 0) is 26.7 Å². The zero-order chi connectivity index (χ0) is 10.7. The van der Waals surface area contributed by atoms with Crippen molar-refractivity contribution in [2.75, 3.05) is 0 Å². The Bertz CT molecular complexity index is 290. The number of rotatable bonds is 4. The molecule has 1 heterocycles. The van der Waals surface area contributed by atoms with Gasteiger partial charge in [0.1, 0.15) is 5.76 Å². The number of ketones is 1. The molecule has 0 aliphatic carbocycles. The van der Waals surface area contributed by atoms with Gasteiger partial charge in [0.25, 0.3) is 0 Å². The maximum atomic E-state index is 11.5. The number of carboxylic acids is 1. The summed E-state index contributed by atoms with van der Waals surface area (Å²) in [7, 11) is 0. The zero-order valence-electron chi connectivity index (χ0n) is 8.37. The molecule has 4 heteroatoms. The molecule has 1 unspecified atom stereocenters. The lowest BCUT2D eigenvalue weighted by Gasteiger charge is -2.00. The first kappa shape index (κ1) is 10.8. The van der Waals surface area contributed by atoms with Crippen molar-refractivity contribution in [3.63, 3.8) is 0 Å². The molecule has 1 aliphatic heterocycles. The van der Waals surface area contributed by atoms with Gasteiger partial charge in [-0.2, -0.15) is 0 Å². The second-order valence-corrected chi connectivity index (χ2v) is 3.41. The van der Waals surface area contributed by atoms with Crippen LogP contribution in [0.4, 0.5) is 0 Å². The van der Waals surface area contributed by atoms with Crippen LogP contribution in [0, 0.1) is 0 Å². The lowest BCUT2D eigenvalue weighted by molar-refractivity contribution is -0.137. The number of ether oxygens (including phenoxy) is 1. The van der Waals surface area contributed by atoms with E-state index < -0.39 is 12.1 Å². The minimum atomic E-state index is -0.831. The van der Waals surface area contributed by atoms with E-state index in [0.717, 1.165) is 0 Å². The number of carboxylic acid groups (broad SMARTS) is 1. The minimum absolute atomic E-state index is 0.00658. The van der Waals surface area contributed by atoms with Crippen molar-refractivity contribution >= 4 is 11.8 Å². The van der Waals surface area contributed by atoms with Gasteiger partial charge in [-0.15, -0.1) is 0 Å². The Morgan fingerprint density at radius 2 is 2.21 bits per heavy atom. The third-order valence-corrected chi connectivity index (χ3v) is 2.26. The van der Waals surface area contributed by atoms with Gasteiger partial charge in [0.2, 0.25) is 5.78 Å². The molecule has 0 fully saturated rings. The molecule has 1 rings (SSSR count). The van der Waals surface area contributed by atoms with Crippen LogP contribution in [-0.2, 0) is 14.3 Å². The van der Waals surface area contributed by atoms with Gasteiger partial charge in [0.15, 0.2) is 6.10 Å². The normalized spacial score (nSPS) is 21.3. The maximum absolute atomic E-state index is 11.5. The third-order valence-electron chi connectivity index (χ3n) is 2.26. The fourth-order valence-corrected chi connectivity index (χ4v) is 1.52. The molecule has 1 N–H and O–H groups in total. The summed E-state index contributed by atoms with van der Waals surface area (Å²) >= 11 is 0. The lowest BCUT2D eigenvalue weighted by atomic mass is 10.0. The van der Waals surface area contributed by atoms with Crippen molar-refractivity contribution in [3.8, 4) is 0 Å². The summed E-state index contributed by atoms with van der Waals surface area (Å²) < 4.78 is 5.23. The van der Waals surface area contributed by atoms with E-state index in [4.69, 9.17) is 9.84 Å². The summed E-state index contributed by atoms with van der Waals surface area (Å²) in [5.74, 6) is -0.191. The molecule has 0 spiro atoms. The van der Waals surface area contributed by atoms with Crippen LogP contribution in [0.25, 0.3) is 0 Å². The average Bonchev–Trinajstić information content (AvgIpc) is 2.31. The SMILES string of the molecule is CC1=C(CCCC(=O)O)C(=O)C(C)O1. The molecule has 0 bridgehead atoms. The van der Waals surface area contributed by atoms with Crippen LogP contribution in [0.5, 0.6) is 0 Å². The molecule has 4 nitrogen and oxygen atoms in total. The summed E-state index contributed by atoms with van der Waals surface area (Å²) in [6.07, 6.45) is 0.693. The average molecular weight is 198 g/mol. The fraction of sp³-hybridized carbons (Fsp3) is 0.600. The van der Waals surface area contributed by atoms with Gasteiger partial charge < -0.3 is 9.84 Å². The first-order valence-corrected chi connectivity index (χ1v) is 4.64. The van der Waals surface area contributed by atoms with E-state index in [-0.39, 0.29) is 12.2 Å². The van der Waals surface area contributed by atoms with Crippen LogP contribution in [0.15, 0.2) is 11.3 Å². The molecule has 0 aromatic heterocycles. The van der Waals surface area contributed by atoms with Crippen molar-refractivity contribution in [2.24, 2.45) is 0 Å². The monoisotopic (exact) mass is 198 g/mol. The summed E-state index contributed by atoms with van der Waals surface area (Å²) in [4.78, 5) is 21.7. The highest BCUT2D eigenvalue weighted by molar-refractivity contribution is 6.00. The first-order valence-electron chi connectivity index (χ1n) is 4.64. The quantitative estimate of drug-likeness (QED) is 0.743. The Morgan fingerprint density at radius 1 is 1.57 bits per heavy atom. The molecule has 0 aromatic rings. The summed E-state index contributed by atoms with van der Waals surface area (Å²) in [6, 6.07) is 0. The van der Waals surface area contributed by atoms with Gasteiger partial charge >= 0.3 is 5.97 Å². The molecular formula is C10H14O4. The van der Waals surface area contributed by atoms with E-state index in [9.17, 15) is 9.59 Å². The minimum Gasteiger partial charge on any atom is -0.487 e. The number of allylic oxidation sites excluding steroid dienone is 1. The molecule has 14 heavy (non-hydrogen) atoms. The molecule has 0 aromatic carbocycles. The Morgan fingerprint density at radius 3 is 2.64 bits per heavy atom. The number of Topliss-reactive ketones (excluding diaryl/α,β-unsaturated/α-hetero) is 1. The van der Waals surface area contributed by atoms with Gasteiger partial charge in [0, 0.05) is 12.0 Å². The Labute approximate surface area is 82.6 Å². The lowest BCUT2D eigenvalue weighted by Crippen LogP contribution is -2.13. The Balaban J connectivity index is 2.48. The van der Waals surface area contributed by atoms with Crippen molar-refractivity contribution in [2.45, 2.75) is 39.2 Å². The molecule has 78 valence electrons. The van der Waals surface area contributed by atoms with E-state index in [1.165, 1.54) is 0 Å². The molecule has 1 aliphatic rings. The molecule has 0 saturated heterocycles. The van der Waals surface area contributed by atoms with Gasteiger partial charge in [-0.25, -0.2) is 0 Å². The second kappa shape index (κ2) is 4.26. The smallest absolute Gasteiger partial charge is 0.303 e. The topological polar surface area (TPSA) is 63.6 Å². The highest BCUT2D eigenvalue weighted by atomic mass is 16.5. The van der Waals surface area contributed by atoms with E-state index in [1.807, 2.05) is 0 Å².